The smallest absolute Gasteiger partial charge is 0.295 e. The summed E-state index contributed by atoms with van der Waals surface area (Å²) in [5.74, 6) is -0.327. The van der Waals surface area contributed by atoms with E-state index < -0.39 is 4.92 Å². The number of benzene rings is 2. The number of nitrogens with one attached hydrogen (secondary N) is 1. The maximum Gasteiger partial charge on any atom is 0.295 e. The molecule has 3 aromatic rings. The molecule has 1 saturated heterocycles. The topological polar surface area (TPSA) is 109 Å². The van der Waals surface area contributed by atoms with Gasteiger partial charge in [-0.25, -0.2) is 9.67 Å². The second-order valence-electron chi connectivity index (χ2n) is 7.57. The van der Waals surface area contributed by atoms with Crippen LogP contribution >= 0.6 is 0 Å². The minimum atomic E-state index is -0.525. The van der Waals surface area contributed by atoms with Crippen LogP contribution in [0.2, 0.25) is 0 Å². The highest BCUT2D eigenvalue weighted by Gasteiger charge is 2.20. The van der Waals surface area contributed by atoms with Crippen molar-refractivity contribution in [2.45, 2.75) is 6.42 Å². The van der Waals surface area contributed by atoms with Crippen LogP contribution in [0, 0.1) is 10.1 Å². The number of para-hydroxylation sites is 1. The van der Waals surface area contributed by atoms with Crippen LogP contribution in [0.5, 0.6) is 0 Å². The van der Waals surface area contributed by atoms with Gasteiger partial charge in [-0.1, -0.05) is 18.2 Å². The maximum absolute atomic E-state index is 12.5. The van der Waals surface area contributed by atoms with Crippen molar-refractivity contribution in [3.8, 4) is 5.69 Å². The summed E-state index contributed by atoms with van der Waals surface area (Å²) in [5.41, 5.74) is 1.57. The third-order valence-corrected chi connectivity index (χ3v) is 5.53. The van der Waals surface area contributed by atoms with Crippen LogP contribution in [0.4, 0.5) is 11.4 Å². The Hall–Kier alpha value is -3.79. The Kier molecular flexibility index (Phi) is 6.71. The van der Waals surface area contributed by atoms with Crippen LogP contribution in [0.3, 0.4) is 0 Å². The Balaban J connectivity index is 1.24. The average molecular weight is 435 g/mol. The molecule has 0 bridgehead atoms. The number of carbonyl (C=O) groups is 1. The standard InChI is InChI=1S/C22H25N7O3/c30-22(18-7-8-20(21(15-18)29(31)32)28-17-23-16-25-28)24-9-4-10-26-11-13-27(14-12-26)19-5-2-1-3-6-19/h1-3,5-8,15-17H,4,9-14H2,(H,24,30). The predicted molar refractivity (Wildman–Crippen MR) is 120 cm³/mol. The molecule has 1 aromatic heterocycles. The molecule has 0 unspecified atom stereocenters. The van der Waals surface area contributed by atoms with Crippen LogP contribution in [-0.4, -0.2) is 69.8 Å². The van der Waals surface area contributed by atoms with E-state index in [9.17, 15) is 14.9 Å². The van der Waals surface area contributed by atoms with Crippen LogP contribution < -0.4 is 10.2 Å². The Morgan fingerprint density at radius 2 is 1.88 bits per heavy atom. The van der Waals surface area contributed by atoms with Gasteiger partial charge < -0.3 is 10.2 Å². The molecule has 4 rings (SSSR count). The number of nitrogens with zero attached hydrogens (tertiary/aromatic N) is 6. The van der Waals surface area contributed by atoms with Gasteiger partial charge in [0.2, 0.25) is 0 Å². The summed E-state index contributed by atoms with van der Waals surface area (Å²) in [5, 5.41) is 18.2. The lowest BCUT2D eigenvalue weighted by atomic mass is 10.1. The van der Waals surface area contributed by atoms with E-state index >= 15 is 0 Å². The molecule has 0 atom stereocenters. The second-order valence-corrected chi connectivity index (χ2v) is 7.57. The van der Waals surface area contributed by atoms with Gasteiger partial charge in [-0.2, -0.15) is 5.10 Å². The molecule has 0 radical (unpaired) electrons. The summed E-state index contributed by atoms with van der Waals surface area (Å²) in [6, 6.07) is 14.7. The molecule has 1 aliphatic rings. The highest BCUT2D eigenvalue weighted by atomic mass is 16.6. The first-order chi connectivity index (χ1) is 15.6. The molecular formula is C22H25N7O3. The van der Waals surface area contributed by atoms with E-state index in [0.717, 1.165) is 39.1 Å². The number of aromatic nitrogens is 3. The number of hydrogen-bond acceptors (Lipinski definition) is 7. The van der Waals surface area contributed by atoms with Crippen molar-refractivity contribution < 1.29 is 9.72 Å². The Morgan fingerprint density at radius 1 is 1.09 bits per heavy atom. The van der Waals surface area contributed by atoms with E-state index in [1.807, 2.05) is 6.07 Å². The molecule has 2 heterocycles. The van der Waals surface area contributed by atoms with Crippen molar-refractivity contribution in [3.63, 3.8) is 0 Å². The number of nitro groups is 1. The number of nitro benzene ring substituents is 1. The van der Waals surface area contributed by atoms with Gasteiger partial charge >= 0.3 is 0 Å². The molecule has 1 N–H and O–H groups in total. The molecule has 10 nitrogen and oxygen atoms in total. The lowest BCUT2D eigenvalue weighted by Gasteiger charge is -2.36. The summed E-state index contributed by atoms with van der Waals surface area (Å²) < 4.78 is 1.30. The molecule has 0 aliphatic carbocycles. The molecule has 1 fully saturated rings. The Bertz CT molecular complexity index is 1050. The zero-order valence-corrected chi connectivity index (χ0v) is 17.6. The van der Waals surface area contributed by atoms with Gasteiger partial charge in [0.1, 0.15) is 18.3 Å². The summed E-state index contributed by atoms with van der Waals surface area (Å²) in [7, 11) is 0. The van der Waals surface area contributed by atoms with Gasteiger partial charge in [0.15, 0.2) is 0 Å². The van der Waals surface area contributed by atoms with Crippen LogP contribution in [-0.2, 0) is 0 Å². The van der Waals surface area contributed by atoms with Crippen LogP contribution in [0.15, 0.2) is 61.2 Å². The fourth-order valence-electron chi connectivity index (χ4n) is 3.81. The van der Waals surface area contributed by atoms with E-state index in [4.69, 9.17) is 0 Å². The zero-order chi connectivity index (χ0) is 22.3. The molecule has 1 amide bonds. The molecular weight excluding hydrogens is 410 g/mol. The maximum atomic E-state index is 12.5. The molecule has 2 aromatic carbocycles. The first kappa shape index (κ1) is 21.4. The minimum absolute atomic E-state index is 0.195. The van der Waals surface area contributed by atoms with Gasteiger partial charge in [-0.05, 0) is 37.2 Å². The summed E-state index contributed by atoms with van der Waals surface area (Å²) in [4.78, 5) is 32.0. The first-order valence-corrected chi connectivity index (χ1v) is 10.6. The number of piperazine rings is 1. The van der Waals surface area contributed by atoms with Gasteiger partial charge in [-0.15, -0.1) is 0 Å². The van der Waals surface area contributed by atoms with Crippen LogP contribution in [0.1, 0.15) is 16.8 Å². The molecule has 0 saturated carbocycles. The largest absolute Gasteiger partial charge is 0.369 e. The number of amides is 1. The highest BCUT2D eigenvalue weighted by molar-refractivity contribution is 5.95. The van der Waals surface area contributed by atoms with E-state index in [1.54, 1.807) is 6.07 Å². The normalized spacial score (nSPS) is 14.3. The lowest BCUT2D eigenvalue weighted by Crippen LogP contribution is -2.47. The Labute approximate surface area is 185 Å². The number of anilines is 1. The van der Waals surface area contributed by atoms with Crippen molar-refractivity contribution in [2.75, 3.05) is 44.2 Å². The van der Waals surface area contributed by atoms with Crippen molar-refractivity contribution in [2.24, 2.45) is 0 Å². The molecule has 10 heteroatoms. The molecule has 166 valence electrons. The minimum Gasteiger partial charge on any atom is -0.369 e. The van der Waals surface area contributed by atoms with Crippen molar-refractivity contribution >= 4 is 17.3 Å². The van der Waals surface area contributed by atoms with E-state index in [0.29, 0.717) is 6.54 Å². The number of hydrogen-bond donors (Lipinski definition) is 1. The third kappa shape index (κ3) is 5.09. The van der Waals surface area contributed by atoms with Crippen LogP contribution in [0.25, 0.3) is 5.69 Å². The molecule has 32 heavy (non-hydrogen) atoms. The Morgan fingerprint density at radius 3 is 2.56 bits per heavy atom. The molecule has 1 aliphatic heterocycles. The molecule has 0 spiro atoms. The summed E-state index contributed by atoms with van der Waals surface area (Å²) >= 11 is 0. The third-order valence-electron chi connectivity index (χ3n) is 5.53. The van der Waals surface area contributed by atoms with E-state index in [1.165, 1.54) is 35.2 Å². The monoisotopic (exact) mass is 435 g/mol. The predicted octanol–water partition coefficient (Wildman–Crippen LogP) is 2.12. The van der Waals surface area contributed by atoms with E-state index in [2.05, 4.69) is 49.5 Å². The first-order valence-electron chi connectivity index (χ1n) is 10.6. The number of rotatable bonds is 8. The fraction of sp³-hybridized carbons (Fsp3) is 0.318. The van der Waals surface area contributed by atoms with Gasteiger partial charge in [-0.3, -0.25) is 19.8 Å². The zero-order valence-electron chi connectivity index (χ0n) is 17.6. The second kappa shape index (κ2) is 10.0. The fourth-order valence-corrected chi connectivity index (χ4v) is 3.81. The summed E-state index contributed by atoms with van der Waals surface area (Å²) in [6.45, 7) is 5.35. The van der Waals surface area contributed by atoms with Crippen molar-refractivity contribution in [3.05, 3.63) is 76.9 Å². The van der Waals surface area contributed by atoms with E-state index in [-0.39, 0.29) is 22.8 Å². The van der Waals surface area contributed by atoms with Crippen molar-refractivity contribution in [1.82, 2.24) is 25.0 Å². The van der Waals surface area contributed by atoms with Gasteiger partial charge in [0, 0.05) is 50.0 Å². The van der Waals surface area contributed by atoms with Crippen molar-refractivity contribution in [1.29, 1.82) is 0 Å². The lowest BCUT2D eigenvalue weighted by molar-refractivity contribution is -0.384. The summed E-state index contributed by atoms with van der Waals surface area (Å²) in [6.07, 6.45) is 3.49. The van der Waals surface area contributed by atoms with Gasteiger partial charge in [0.05, 0.1) is 4.92 Å². The number of carbonyl (C=O) groups excluding carboxylic acids is 1. The van der Waals surface area contributed by atoms with Gasteiger partial charge in [0.25, 0.3) is 11.6 Å². The quantitative estimate of drug-likeness (QED) is 0.328. The highest BCUT2D eigenvalue weighted by Crippen LogP contribution is 2.23. The average Bonchev–Trinajstić information content (AvgIpc) is 3.37. The SMILES string of the molecule is O=C(NCCCN1CCN(c2ccccc2)CC1)c1ccc(-n2cncn2)c([N+](=O)[O-])c1.